The van der Waals surface area contributed by atoms with Gasteiger partial charge in [-0.3, -0.25) is 4.79 Å². The standard InChI is InChI=1S/C26H24N4O5/c1-27-24(31)20-15-19(12-13-23(20)33-2)35-18-10-8-17(9-11-18)28-26(32)30-22-14-16-6-4-5-7-21(16)29-25(22)34-3/h4-15H,1-3H3,(H,27,31)(H2,28,30,32). The number of nitrogens with zero attached hydrogens (tertiary/aromatic N) is 1. The Bertz CT molecular complexity index is 1370. The second kappa shape index (κ2) is 10.4. The summed E-state index contributed by atoms with van der Waals surface area (Å²) in [5.41, 5.74) is 2.14. The van der Waals surface area contributed by atoms with Gasteiger partial charge in [0.15, 0.2) is 0 Å². The number of urea groups is 1. The molecule has 0 spiro atoms. The van der Waals surface area contributed by atoms with Gasteiger partial charge in [-0.2, -0.15) is 0 Å². The van der Waals surface area contributed by atoms with Crippen molar-refractivity contribution in [1.82, 2.24) is 10.3 Å². The number of amides is 3. The molecule has 9 heteroatoms. The van der Waals surface area contributed by atoms with Crippen molar-refractivity contribution in [2.45, 2.75) is 0 Å². The number of fused-ring (bicyclic) bond motifs is 1. The molecular weight excluding hydrogens is 448 g/mol. The van der Waals surface area contributed by atoms with Crippen molar-refractivity contribution in [3.63, 3.8) is 0 Å². The lowest BCUT2D eigenvalue weighted by molar-refractivity contribution is 0.0959. The average molecular weight is 473 g/mol. The number of hydrogen-bond acceptors (Lipinski definition) is 6. The van der Waals surface area contributed by atoms with E-state index < -0.39 is 6.03 Å². The number of nitrogens with one attached hydrogen (secondary N) is 3. The number of carbonyl (C=O) groups is 2. The largest absolute Gasteiger partial charge is 0.496 e. The van der Waals surface area contributed by atoms with Crippen molar-refractivity contribution in [1.29, 1.82) is 0 Å². The van der Waals surface area contributed by atoms with Crippen LogP contribution in [0.25, 0.3) is 10.9 Å². The van der Waals surface area contributed by atoms with Crippen molar-refractivity contribution in [3.05, 3.63) is 78.4 Å². The number of hydrogen-bond donors (Lipinski definition) is 3. The monoisotopic (exact) mass is 472 g/mol. The number of pyridine rings is 1. The van der Waals surface area contributed by atoms with Crippen LogP contribution in [0.2, 0.25) is 0 Å². The third-order valence-corrected chi connectivity index (χ3v) is 5.12. The number of methoxy groups -OCH3 is 2. The predicted octanol–water partition coefficient (Wildman–Crippen LogP) is 5.05. The smallest absolute Gasteiger partial charge is 0.323 e. The van der Waals surface area contributed by atoms with Crippen LogP contribution in [0.15, 0.2) is 72.8 Å². The first-order chi connectivity index (χ1) is 17.0. The number of anilines is 2. The van der Waals surface area contributed by atoms with E-state index in [1.807, 2.05) is 24.3 Å². The molecule has 3 aromatic carbocycles. The molecule has 3 N–H and O–H groups in total. The molecule has 0 bridgehead atoms. The van der Waals surface area contributed by atoms with Crippen LogP contribution in [0.4, 0.5) is 16.2 Å². The van der Waals surface area contributed by atoms with Crippen LogP contribution in [-0.2, 0) is 0 Å². The molecule has 3 amide bonds. The Balaban J connectivity index is 1.43. The fourth-order valence-electron chi connectivity index (χ4n) is 3.43. The van der Waals surface area contributed by atoms with E-state index in [1.54, 1.807) is 55.6 Å². The molecule has 0 aliphatic heterocycles. The molecule has 0 atom stereocenters. The highest BCUT2D eigenvalue weighted by molar-refractivity contribution is 6.02. The maximum absolute atomic E-state index is 12.6. The van der Waals surface area contributed by atoms with Crippen LogP contribution < -0.4 is 30.2 Å². The summed E-state index contributed by atoms with van der Waals surface area (Å²) < 4.78 is 16.4. The molecule has 0 aliphatic rings. The van der Waals surface area contributed by atoms with E-state index >= 15 is 0 Å². The summed E-state index contributed by atoms with van der Waals surface area (Å²) in [6.07, 6.45) is 0. The lowest BCUT2D eigenvalue weighted by Gasteiger charge is -2.13. The summed E-state index contributed by atoms with van der Waals surface area (Å²) >= 11 is 0. The lowest BCUT2D eigenvalue weighted by Crippen LogP contribution is -2.20. The number of aromatic nitrogens is 1. The molecule has 0 aliphatic carbocycles. The van der Waals surface area contributed by atoms with Crippen LogP contribution >= 0.6 is 0 Å². The summed E-state index contributed by atoms with van der Waals surface area (Å²) in [6, 6.07) is 20.7. The molecule has 0 saturated carbocycles. The van der Waals surface area contributed by atoms with Crippen molar-refractivity contribution in [2.75, 3.05) is 31.9 Å². The van der Waals surface area contributed by atoms with Gasteiger partial charge in [0.2, 0.25) is 5.88 Å². The van der Waals surface area contributed by atoms with Gasteiger partial charge in [0.25, 0.3) is 5.91 Å². The van der Waals surface area contributed by atoms with Gasteiger partial charge in [0.1, 0.15) is 22.9 Å². The number of rotatable bonds is 7. The number of ether oxygens (including phenoxy) is 3. The molecule has 4 rings (SSSR count). The summed E-state index contributed by atoms with van der Waals surface area (Å²) in [7, 11) is 4.54. The van der Waals surface area contributed by atoms with Gasteiger partial charge in [-0.15, -0.1) is 0 Å². The summed E-state index contributed by atoms with van der Waals surface area (Å²) in [6.45, 7) is 0. The third kappa shape index (κ3) is 5.41. The second-order valence-corrected chi connectivity index (χ2v) is 7.38. The minimum absolute atomic E-state index is 0.281. The third-order valence-electron chi connectivity index (χ3n) is 5.12. The van der Waals surface area contributed by atoms with E-state index in [0.717, 1.165) is 10.9 Å². The fraction of sp³-hybridized carbons (Fsp3) is 0.115. The van der Waals surface area contributed by atoms with E-state index in [1.165, 1.54) is 14.2 Å². The van der Waals surface area contributed by atoms with Crippen LogP contribution in [0.5, 0.6) is 23.1 Å². The topological polar surface area (TPSA) is 111 Å². The van der Waals surface area contributed by atoms with Crippen LogP contribution in [0.3, 0.4) is 0 Å². The van der Waals surface area contributed by atoms with Crippen LogP contribution in [0.1, 0.15) is 10.4 Å². The molecule has 1 aromatic heterocycles. The molecule has 0 fully saturated rings. The first kappa shape index (κ1) is 23.4. The van der Waals surface area contributed by atoms with Gasteiger partial charge in [0.05, 0.1) is 25.3 Å². The second-order valence-electron chi connectivity index (χ2n) is 7.38. The summed E-state index contributed by atoms with van der Waals surface area (Å²) in [5, 5.41) is 8.99. The molecule has 178 valence electrons. The highest BCUT2D eigenvalue weighted by atomic mass is 16.5. The fourth-order valence-corrected chi connectivity index (χ4v) is 3.43. The number of benzene rings is 3. The Morgan fingerprint density at radius 2 is 1.57 bits per heavy atom. The summed E-state index contributed by atoms with van der Waals surface area (Å²) in [5.74, 6) is 1.48. The van der Waals surface area contributed by atoms with E-state index in [-0.39, 0.29) is 5.91 Å². The first-order valence-electron chi connectivity index (χ1n) is 10.7. The van der Waals surface area contributed by atoms with Gasteiger partial charge in [-0.25, -0.2) is 9.78 Å². The van der Waals surface area contributed by atoms with E-state index in [4.69, 9.17) is 14.2 Å². The molecule has 1 heterocycles. The Morgan fingerprint density at radius 1 is 0.829 bits per heavy atom. The Morgan fingerprint density at radius 3 is 2.29 bits per heavy atom. The number of carbonyl (C=O) groups excluding carboxylic acids is 2. The van der Waals surface area contributed by atoms with Gasteiger partial charge in [-0.05, 0) is 54.6 Å². The quantitative estimate of drug-likeness (QED) is 0.347. The van der Waals surface area contributed by atoms with Gasteiger partial charge in [0, 0.05) is 18.1 Å². The van der Waals surface area contributed by atoms with E-state index in [9.17, 15) is 9.59 Å². The molecule has 4 aromatic rings. The van der Waals surface area contributed by atoms with Crippen molar-refractivity contribution >= 4 is 34.2 Å². The lowest BCUT2D eigenvalue weighted by atomic mass is 10.1. The van der Waals surface area contributed by atoms with Gasteiger partial charge >= 0.3 is 6.03 Å². The normalized spacial score (nSPS) is 10.4. The zero-order valence-electron chi connectivity index (χ0n) is 19.4. The first-order valence-corrected chi connectivity index (χ1v) is 10.7. The maximum Gasteiger partial charge on any atom is 0.323 e. The maximum atomic E-state index is 12.6. The van der Waals surface area contributed by atoms with Gasteiger partial charge in [-0.1, -0.05) is 18.2 Å². The molecule has 0 unspecified atom stereocenters. The zero-order chi connectivity index (χ0) is 24.8. The number of para-hydroxylation sites is 1. The minimum Gasteiger partial charge on any atom is -0.496 e. The zero-order valence-corrected chi connectivity index (χ0v) is 19.4. The summed E-state index contributed by atoms with van der Waals surface area (Å²) in [4.78, 5) is 29.1. The average Bonchev–Trinajstić information content (AvgIpc) is 2.88. The van der Waals surface area contributed by atoms with Crippen molar-refractivity contribution in [2.24, 2.45) is 0 Å². The van der Waals surface area contributed by atoms with E-state index in [2.05, 4.69) is 20.9 Å². The minimum atomic E-state index is -0.445. The SMILES string of the molecule is CNC(=O)c1cc(Oc2ccc(NC(=O)Nc3cc4ccccc4nc3OC)cc2)ccc1OC. The highest BCUT2D eigenvalue weighted by Crippen LogP contribution is 2.29. The molecule has 9 nitrogen and oxygen atoms in total. The highest BCUT2D eigenvalue weighted by Gasteiger charge is 2.13. The van der Waals surface area contributed by atoms with Crippen molar-refractivity contribution in [3.8, 4) is 23.1 Å². The molecule has 0 radical (unpaired) electrons. The molecular formula is C26H24N4O5. The molecule has 35 heavy (non-hydrogen) atoms. The Kier molecular flexibility index (Phi) is 6.96. The Hall–Kier alpha value is -4.79. The Labute approximate surface area is 202 Å². The van der Waals surface area contributed by atoms with Crippen LogP contribution in [0, 0.1) is 0 Å². The van der Waals surface area contributed by atoms with Gasteiger partial charge < -0.3 is 30.2 Å². The van der Waals surface area contributed by atoms with Crippen LogP contribution in [-0.4, -0.2) is 38.2 Å². The van der Waals surface area contributed by atoms with Crippen molar-refractivity contribution < 1.29 is 23.8 Å². The molecule has 0 saturated heterocycles. The van der Waals surface area contributed by atoms with E-state index in [0.29, 0.717) is 40.1 Å². The predicted molar refractivity (Wildman–Crippen MR) is 134 cm³/mol.